The summed E-state index contributed by atoms with van der Waals surface area (Å²) in [7, 11) is 1.97. The molecule has 3 aromatic rings. The van der Waals surface area contributed by atoms with Gasteiger partial charge in [-0.3, -0.25) is 4.79 Å². The third kappa shape index (κ3) is 2.92. The second-order valence-electron chi connectivity index (χ2n) is 6.99. The second-order valence-corrected chi connectivity index (χ2v) is 7.76. The van der Waals surface area contributed by atoms with E-state index in [4.69, 9.17) is 0 Å². The normalized spacial score (nSPS) is 18.4. The average molecular weight is 385 g/mol. The van der Waals surface area contributed by atoms with Crippen molar-refractivity contribution in [3.05, 3.63) is 35.9 Å². The van der Waals surface area contributed by atoms with Gasteiger partial charge in [0.25, 0.3) is 0 Å². The van der Waals surface area contributed by atoms with Crippen LogP contribution < -0.4 is 0 Å². The first kappa shape index (κ1) is 18.0. The quantitative estimate of drug-likeness (QED) is 0.647. The van der Waals surface area contributed by atoms with E-state index in [1.807, 2.05) is 65.5 Å². The van der Waals surface area contributed by atoms with Gasteiger partial charge in [0.15, 0.2) is 11.0 Å². The smallest absolute Gasteiger partial charge is 0.246 e. The molecule has 27 heavy (non-hydrogen) atoms. The Morgan fingerprint density at radius 2 is 2.07 bits per heavy atom. The van der Waals surface area contributed by atoms with Gasteiger partial charge in [0.05, 0.1) is 17.1 Å². The van der Waals surface area contributed by atoms with Crippen molar-refractivity contribution < 1.29 is 4.79 Å². The Hall–Kier alpha value is -2.35. The molecule has 0 radical (unpaired) electrons. The number of carbonyl (C=O) groups excluding carboxylic acids is 1. The summed E-state index contributed by atoms with van der Waals surface area (Å²) in [6.45, 7) is 4.67. The zero-order chi connectivity index (χ0) is 19.1. The Morgan fingerprint density at radius 1 is 1.30 bits per heavy atom. The molecule has 0 saturated carbocycles. The third-order valence-corrected chi connectivity index (χ3v) is 6.12. The van der Waals surface area contributed by atoms with Crippen LogP contribution in [0.2, 0.25) is 0 Å². The lowest BCUT2D eigenvalue weighted by molar-refractivity contribution is -0.135. The minimum Gasteiger partial charge on any atom is -0.331 e. The van der Waals surface area contributed by atoms with Gasteiger partial charge in [-0.25, -0.2) is 4.98 Å². The van der Waals surface area contributed by atoms with E-state index in [-0.39, 0.29) is 18.0 Å². The molecule has 3 heterocycles. The Balaban J connectivity index is 1.66. The number of imidazole rings is 1. The minimum absolute atomic E-state index is 0.0200. The summed E-state index contributed by atoms with van der Waals surface area (Å²) in [6, 6.07) is 7.63. The number of aryl methyl sites for hydroxylation is 1. The molecule has 8 heteroatoms. The third-order valence-electron chi connectivity index (χ3n) is 5.40. The molecule has 2 aromatic heterocycles. The zero-order valence-electron chi connectivity index (χ0n) is 16.1. The summed E-state index contributed by atoms with van der Waals surface area (Å²) in [5.74, 6) is 1.83. The van der Waals surface area contributed by atoms with Crippen molar-refractivity contribution in [2.45, 2.75) is 43.9 Å². The molecule has 0 aliphatic carbocycles. The van der Waals surface area contributed by atoms with Crippen molar-refractivity contribution in [3.8, 4) is 0 Å². The molecule has 0 spiro atoms. The molecule has 1 aromatic carbocycles. The van der Waals surface area contributed by atoms with Gasteiger partial charge in [-0.15, -0.1) is 10.2 Å². The number of aromatic nitrogens is 5. The highest BCUT2D eigenvalue weighted by Gasteiger charge is 2.36. The molecule has 0 unspecified atom stereocenters. The van der Waals surface area contributed by atoms with E-state index in [1.165, 1.54) is 0 Å². The van der Waals surface area contributed by atoms with E-state index in [0.717, 1.165) is 47.2 Å². The monoisotopic (exact) mass is 384 g/mol. The van der Waals surface area contributed by atoms with Crippen molar-refractivity contribution in [1.82, 2.24) is 29.2 Å². The summed E-state index contributed by atoms with van der Waals surface area (Å²) in [4.78, 5) is 20.0. The fourth-order valence-corrected chi connectivity index (χ4v) is 4.59. The lowest BCUT2D eigenvalue weighted by Crippen LogP contribution is -2.37. The standard InChI is InChI=1S/C19H24N6OS/c1-12(25-13(2)20-14-8-5-6-9-15(14)25)18(26)24-11-7-10-16(24)17-21-22-19(27-4)23(17)3/h5-6,8-9,12,16H,7,10-11H2,1-4H3/t12-,16+/m0/s1. The number of nitrogens with zero attached hydrogens (tertiary/aromatic N) is 6. The molecule has 1 fully saturated rings. The maximum Gasteiger partial charge on any atom is 0.246 e. The molecule has 1 aliphatic heterocycles. The number of hydrogen-bond acceptors (Lipinski definition) is 5. The van der Waals surface area contributed by atoms with Gasteiger partial charge in [-0.05, 0) is 45.1 Å². The van der Waals surface area contributed by atoms with E-state index in [9.17, 15) is 4.79 Å². The van der Waals surface area contributed by atoms with Crippen molar-refractivity contribution in [1.29, 1.82) is 0 Å². The van der Waals surface area contributed by atoms with Gasteiger partial charge in [-0.2, -0.15) is 0 Å². The number of hydrogen-bond donors (Lipinski definition) is 0. The van der Waals surface area contributed by atoms with Crippen molar-refractivity contribution in [3.63, 3.8) is 0 Å². The van der Waals surface area contributed by atoms with Crippen molar-refractivity contribution in [2.75, 3.05) is 12.8 Å². The van der Waals surface area contributed by atoms with E-state index < -0.39 is 0 Å². The number of rotatable bonds is 4. The molecule has 4 rings (SSSR count). The van der Waals surface area contributed by atoms with Gasteiger partial charge in [0.2, 0.25) is 5.91 Å². The van der Waals surface area contributed by atoms with Gasteiger partial charge in [0.1, 0.15) is 11.9 Å². The number of benzene rings is 1. The van der Waals surface area contributed by atoms with Crippen LogP contribution in [-0.4, -0.2) is 47.9 Å². The van der Waals surface area contributed by atoms with Crippen LogP contribution in [0.4, 0.5) is 0 Å². The van der Waals surface area contributed by atoms with E-state index in [1.54, 1.807) is 11.8 Å². The van der Waals surface area contributed by atoms with Crippen LogP contribution >= 0.6 is 11.8 Å². The molecule has 142 valence electrons. The first-order valence-electron chi connectivity index (χ1n) is 9.20. The van der Waals surface area contributed by atoms with Crippen LogP contribution in [-0.2, 0) is 11.8 Å². The van der Waals surface area contributed by atoms with E-state index in [0.29, 0.717) is 0 Å². The SMILES string of the molecule is CSc1nnc([C@H]2CCCN2C(=O)[C@H](C)n2c(C)nc3ccccc32)n1C. The highest BCUT2D eigenvalue weighted by molar-refractivity contribution is 7.98. The molecule has 2 atom stereocenters. The number of fused-ring (bicyclic) bond motifs is 1. The van der Waals surface area contributed by atoms with Gasteiger partial charge in [0, 0.05) is 13.6 Å². The Morgan fingerprint density at radius 3 is 2.81 bits per heavy atom. The lowest BCUT2D eigenvalue weighted by Gasteiger charge is -2.28. The second kappa shape index (κ2) is 6.99. The average Bonchev–Trinajstić information content (AvgIpc) is 3.36. The molecular weight excluding hydrogens is 360 g/mol. The molecule has 7 nitrogen and oxygen atoms in total. The molecule has 0 bridgehead atoms. The van der Waals surface area contributed by atoms with E-state index in [2.05, 4.69) is 15.2 Å². The first-order chi connectivity index (χ1) is 13.0. The van der Waals surface area contributed by atoms with Crippen LogP contribution in [0.15, 0.2) is 29.4 Å². The molecule has 0 N–H and O–H groups in total. The highest BCUT2D eigenvalue weighted by atomic mass is 32.2. The molecule has 1 saturated heterocycles. The van der Waals surface area contributed by atoms with Crippen LogP contribution in [0.5, 0.6) is 0 Å². The fraction of sp³-hybridized carbons (Fsp3) is 0.474. The van der Waals surface area contributed by atoms with Gasteiger partial charge >= 0.3 is 0 Å². The largest absolute Gasteiger partial charge is 0.331 e. The summed E-state index contributed by atoms with van der Waals surface area (Å²) in [5, 5.41) is 9.48. The number of amides is 1. The summed E-state index contributed by atoms with van der Waals surface area (Å²) >= 11 is 1.57. The summed E-state index contributed by atoms with van der Waals surface area (Å²) in [5.41, 5.74) is 1.92. The predicted molar refractivity (Wildman–Crippen MR) is 106 cm³/mol. The number of carbonyl (C=O) groups is 1. The van der Waals surface area contributed by atoms with Crippen LogP contribution in [0.1, 0.15) is 43.5 Å². The maximum atomic E-state index is 13.4. The number of thioether (sulfide) groups is 1. The Labute approximate surface area is 162 Å². The Kier molecular flexibility index (Phi) is 4.67. The fourth-order valence-electron chi connectivity index (χ4n) is 4.10. The summed E-state index contributed by atoms with van der Waals surface area (Å²) in [6.07, 6.45) is 3.89. The lowest BCUT2D eigenvalue weighted by atomic mass is 10.2. The van der Waals surface area contributed by atoms with Crippen molar-refractivity contribution >= 4 is 28.7 Å². The Bertz CT molecular complexity index is 993. The molecule has 1 aliphatic rings. The van der Waals surface area contributed by atoms with Crippen molar-refractivity contribution in [2.24, 2.45) is 7.05 Å². The van der Waals surface area contributed by atoms with Gasteiger partial charge in [-0.1, -0.05) is 23.9 Å². The van der Waals surface area contributed by atoms with Crippen LogP contribution in [0, 0.1) is 6.92 Å². The van der Waals surface area contributed by atoms with E-state index >= 15 is 0 Å². The number of para-hydroxylation sites is 2. The minimum atomic E-state index is -0.314. The molecular formula is C19H24N6OS. The maximum absolute atomic E-state index is 13.4. The first-order valence-corrected chi connectivity index (χ1v) is 10.4. The predicted octanol–water partition coefficient (Wildman–Crippen LogP) is 3.12. The van der Waals surface area contributed by atoms with Crippen LogP contribution in [0.25, 0.3) is 11.0 Å². The topological polar surface area (TPSA) is 68.8 Å². The van der Waals surface area contributed by atoms with Crippen LogP contribution in [0.3, 0.4) is 0 Å². The summed E-state index contributed by atoms with van der Waals surface area (Å²) < 4.78 is 4.04. The van der Waals surface area contributed by atoms with Gasteiger partial charge < -0.3 is 14.0 Å². The zero-order valence-corrected chi connectivity index (χ0v) is 16.9. The number of likely N-dealkylation sites (tertiary alicyclic amines) is 1. The highest BCUT2D eigenvalue weighted by Crippen LogP contribution is 2.34. The molecule has 1 amide bonds.